The minimum Gasteiger partial charge on any atom is -0.486 e. The highest BCUT2D eigenvalue weighted by molar-refractivity contribution is 6.32. The minimum absolute atomic E-state index is 0.107. The number of nitrogens with one attached hydrogen (secondary N) is 1. The summed E-state index contributed by atoms with van der Waals surface area (Å²) in [7, 11) is 0. The van der Waals surface area contributed by atoms with Gasteiger partial charge in [-0.25, -0.2) is 4.79 Å². The van der Waals surface area contributed by atoms with E-state index >= 15 is 0 Å². The van der Waals surface area contributed by atoms with E-state index in [1.807, 2.05) is 0 Å². The molecule has 0 saturated carbocycles. The topological polar surface area (TPSA) is 94.1 Å². The van der Waals surface area contributed by atoms with Crippen LogP contribution in [0.25, 0.3) is 0 Å². The molecule has 7 nitrogen and oxygen atoms in total. The number of carboxylic acids is 1. The summed E-state index contributed by atoms with van der Waals surface area (Å²) in [6, 6.07) is 3.04. The number of amides is 1. The van der Waals surface area contributed by atoms with Gasteiger partial charge in [0.1, 0.15) is 19.8 Å². The Morgan fingerprint density at radius 1 is 1.33 bits per heavy atom. The predicted octanol–water partition coefficient (Wildman–Crippen LogP) is 0.942. The van der Waals surface area contributed by atoms with Gasteiger partial charge in [-0.05, 0) is 12.1 Å². The second kappa shape index (κ2) is 7.14. The predicted molar refractivity (Wildman–Crippen MR) is 73.2 cm³/mol. The summed E-state index contributed by atoms with van der Waals surface area (Å²) >= 11 is 6.04. The molecule has 1 aliphatic heterocycles. The summed E-state index contributed by atoms with van der Waals surface area (Å²) in [5.74, 6) is -0.543. The van der Waals surface area contributed by atoms with Crippen LogP contribution in [0, 0.1) is 0 Å². The van der Waals surface area contributed by atoms with Gasteiger partial charge in [-0.3, -0.25) is 4.79 Å². The zero-order chi connectivity index (χ0) is 15.2. The summed E-state index contributed by atoms with van der Waals surface area (Å²) in [6.07, 6.45) is 0. The molecule has 1 aliphatic rings. The minimum atomic E-state index is -1.06. The average molecular weight is 316 g/mol. The Balaban J connectivity index is 1.90. The molecule has 114 valence electrons. The zero-order valence-electron chi connectivity index (χ0n) is 11.1. The number of halogens is 1. The van der Waals surface area contributed by atoms with E-state index < -0.39 is 12.6 Å². The summed E-state index contributed by atoms with van der Waals surface area (Å²) in [5.41, 5.74) is 0.336. The molecule has 1 amide bonds. The second-order valence-electron chi connectivity index (χ2n) is 4.18. The zero-order valence-corrected chi connectivity index (χ0v) is 11.8. The third-order valence-corrected chi connectivity index (χ3v) is 2.90. The van der Waals surface area contributed by atoms with E-state index in [1.54, 1.807) is 6.07 Å². The first-order valence-electron chi connectivity index (χ1n) is 6.25. The van der Waals surface area contributed by atoms with Crippen molar-refractivity contribution in [3.63, 3.8) is 0 Å². The van der Waals surface area contributed by atoms with Crippen molar-refractivity contribution in [1.29, 1.82) is 0 Å². The average Bonchev–Trinajstić information content (AvgIpc) is 2.46. The quantitative estimate of drug-likeness (QED) is 0.759. The van der Waals surface area contributed by atoms with Gasteiger partial charge in [0, 0.05) is 12.1 Å². The van der Waals surface area contributed by atoms with E-state index in [4.69, 9.17) is 30.9 Å². The lowest BCUT2D eigenvalue weighted by molar-refractivity contribution is -0.142. The fourth-order valence-electron chi connectivity index (χ4n) is 1.74. The molecule has 8 heteroatoms. The maximum absolute atomic E-state index is 11.9. The molecule has 0 aliphatic carbocycles. The number of ether oxygens (including phenoxy) is 3. The smallest absolute Gasteiger partial charge is 0.329 e. The molecule has 1 aromatic rings. The van der Waals surface area contributed by atoms with Crippen LogP contribution in [0.4, 0.5) is 0 Å². The van der Waals surface area contributed by atoms with Crippen molar-refractivity contribution < 1.29 is 28.9 Å². The highest BCUT2D eigenvalue weighted by Gasteiger charge is 2.19. The normalized spacial score (nSPS) is 12.8. The Bertz CT molecular complexity index is 548. The van der Waals surface area contributed by atoms with E-state index in [0.29, 0.717) is 35.3 Å². The van der Waals surface area contributed by atoms with Crippen molar-refractivity contribution >= 4 is 23.5 Å². The van der Waals surface area contributed by atoms with Gasteiger partial charge in [-0.15, -0.1) is 0 Å². The van der Waals surface area contributed by atoms with Crippen molar-refractivity contribution in [3.05, 3.63) is 22.7 Å². The molecule has 1 heterocycles. The van der Waals surface area contributed by atoms with Crippen LogP contribution < -0.4 is 14.8 Å². The number of carbonyl (C=O) groups excluding carboxylic acids is 1. The van der Waals surface area contributed by atoms with E-state index in [2.05, 4.69) is 5.32 Å². The molecule has 21 heavy (non-hydrogen) atoms. The molecule has 0 unspecified atom stereocenters. The van der Waals surface area contributed by atoms with Crippen molar-refractivity contribution in [2.75, 3.05) is 33.0 Å². The van der Waals surface area contributed by atoms with Gasteiger partial charge in [0.2, 0.25) is 0 Å². The van der Waals surface area contributed by atoms with Gasteiger partial charge in [-0.2, -0.15) is 0 Å². The highest BCUT2D eigenvalue weighted by Crippen LogP contribution is 2.38. The summed E-state index contributed by atoms with van der Waals surface area (Å²) in [6.45, 7) is 0.719. The van der Waals surface area contributed by atoms with Crippen LogP contribution in [0.2, 0.25) is 5.02 Å². The van der Waals surface area contributed by atoms with Crippen molar-refractivity contribution in [1.82, 2.24) is 5.32 Å². The van der Waals surface area contributed by atoms with Crippen LogP contribution in [0.1, 0.15) is 10.4 Å². The molecule has 0 fully saturated rings. The standard InChI is InChI=1S/C13H14ClNO6/c14-9-5-8(6-10-12(9)21-4-3-20-10)13(18)15-1-2-19-7-11(16)17/h5-6H,1-4,7H2,(H,15,18)(H,16,17). The monoisotopic (exact) mass is 315 g/mol. The lowest BCUT2D eigenvalue weighted by atomic mass is 10.2. The molecule has 0 bridgehead atoms. The van der Waals surface area contributed by atoms with E-state index in [0.717, 1.165) is 0 Å². The van der Waals surface area contributed by atoms with Gasteiger partial charge >= 0.3 is 5.97 Å². The van der Waals surface area contributed by atoms with E-state index in [-0.39, 0.29) is 19.1 Å². The second-order valence-corrected chi connectivity index (χ2v) is 4.59. The van der Waals surface area contributed by atoms with Gasteiger partial charge in [0.05, 0.1) is 11.6 Å². The SMILES string of the molecule is O=C(O)COCCNC(=O)c1cc(Cl)c2c(c1)OCCO2. The molecule has 2 rings (SSSR count). The Morgan fingerprint density at radius 3 is 2.86 bits per heavy atom. The summed E-state index contributed by atoms with van der Waals surface area (Å²) in [5, 5.41) is 11.3. The Morgan fingerprint density at radius 2 is 2.10 bits per heavy atom. The first-order valence-corrected chi connectivity index (χ1v) is 6.62. The summed E-state index contributed by atoms with van der Waals surface area (Å²) < 4.78 is 15.6. The number of carbonyl (C=O) groups is 2. The van der Waals surface area contributed by atoms with Crippen LogP contribution in [0.15, 0.2) is 12.1 Å². The largest absolute Gasteiger partial charge is 0.486 e. The van der Waals surface area contributed by atoms with Gasteiger partial charge in [0.15, 0.2) is 11.5 Å². The lowest BCUT2D eigenvalue weighted by Gasteiger charge is -2.20. The van der Waals surface area contributed by atoms with Gasteiger partial charge in [0.25, 0.3) is 5.91 Å². The van der Waals surface area contributed by atoms with Crippen molar-refractivity contribution in [3.8, 4) is 11.5 Å². The van der Waals surface area contributed by atoms with Crippen molar-refractivity contribution in [2.45, 2.75) is 0 Å². The van der Waals surface area contributed by atoms with E-state index in [9.17, 15) is 9.59 Å². The number of aliphatic carboxylic acids is 1. The number of rotatable bonds is 6. The first-order chi connectivity index (χ1) is 10.1. The van der Waals surface area contributed by atoms with Crippen LogP contribution in [0.5, 0.6) is 11.5 Å². The molecular formula is C13H14ClNO6. The number of hydrogen-bond donors (Lipinski definition) is 2. The van der Waals surface area contributed by atoms with Crippen molar-refractivity contribution in [2.24, 2.45) is 0 Å². The number of benzene rings is 1. The Labute approximate surface area is 125 Å². The molecule has 1 aromatic carbocycles. The van der Waals surface area contributed by atoms with Gasteiger partial charge in [-0.1, -0.05) is 11.6 Å². The maximum atomic E-state index is 11.9. The number of hydrogen-bond acceptors (Lipinski definition) is 5. The molecule has 2 N–H and O–H groups in total. The van der Waals surface area contributed by atoms with Crippen LogP contribution in [-0.4, -0.2) is 50.0 Å². The Kier molecular flexibility index (Phi) is 5.24. The fourth-order valence-corrected chi connectivity index (χ4v) is 2.01. The molecule has 0 atom stereocenters. The van der Waals surface area contributed by atoms with Crippen LogP contribution >= 0.6 is 11.6 Å². The molecule has 0 radical (unpaired) electrons. The number of carboxylic acid groups (broad SMARTS) is 1. The first kappa shape index (κ1) is 15.4. The Hall–Kier alpha value is -1.99. The summed E-state index contributed by atoms with van der Waals surface area (Å²) in [4.78, 5) is 22.2. The van der Waals surface area contributed by atoms with Crippen LogP contribution in [-0.2, 0) is 9.53 Å². The van der Waals surface area contributed by atoms with Crippen LogP contribution in [0.3, 0.4) is 0 Å². The maximum Gasteiger partial charge on any atom is 0.329 e. The molecular weight excluding hydrogens is 302 g/mol. The molecule has 0 saturated heterocycles. The molecule has 0 spiro atoms. The third-order valence-electron chi connectivity index (χ3n) is 2.62. The highest BCUT2D eigenvalue weighted by atomic mass is 35.5. The fraction of sp³-hybridized carbons (Fsp3) is 0.385. The number of fused-ring (bicyclic) bond motifs is 1. The van der Waals surface area contributed by atoms with Gasteiger partial charge < -0.3 is 24.6 Å². The lowest BCUT2D eigenvalue weighted by Crippen LogP contribution is -2.28. The third kappa shape index (κ3) is 4.24. The van der Waals surface area contributed by atoms with E-state index in [1.165, 1.54) is 6.07 Å². The molecule has 0 aromatic heterocycles.